The predicted octanol–water partition coefficient (Wildman–Crippen LogP) is 2.43. The van der Waals surface area contributed by atoms with Crippen LogP contribution in [0, 0.1) is 0 Å². The Hall–Kier alpha value is -3.30. The van der Waals surface area contributed by atoms with Crippen LogP contribution < -0.4 is 0 Å². The number of esters is 1. The van der Waals surface area contributed by atoms with Gasteiger partial charge in [0.25, 0.3) is 0 Å². The lowest BCUT2D eigenvalue weighted by Crippen LogP contribution is -2.07. The van der Waals surface area contributed by atoms with Gasteiger partial charge >= 0.3 is 12.1 Å². The van der Waals surface area contributed by atoms with Gasteiger partial charge in [-0.15, -0.1) is 5.10 Å². The number of alkyl halides is 3. The summed E-state index contributed by atoms with van der Waals surface area (Å²) in [5, 5.41) is 7.53. The van der Waals surface area contributed by atoms with Crippen LogP contribution in [0.2, 0.25) is 0 Å². The van der Waals surface area contributed by atoms with Crippen molar-refractivity contribution in [2.75, 3.05) is 0 Å². The van der Waals surface area contributed by atoms with Gasteiger partial charge in [0.2, 0.25) is 0 Å². The number of pyridine rings is 2. The van der Waals surface area contributed by atoms with Crippen LogP contribution in [0.3, 0.4) is 0 Å². The van der Waals surface area contributed by atoms with E-state index in [-0.39, 0.29) is 18.1 Å². The summed E-state index contributed by atoms with van der Waals surface area (Å²) in [5.74, 6) is -0.467. The fourth-order valence-corrected chi connectivity index (χ4v) is 1.86. The standard InChI is InChI=1S/C15H10F3N5O2/c16-15(17,18)10-4-5-13(20-7-10)23-8-11(21-22-23)9-25-14(24)12-3-1-2-6-19-12/h1-8H,9H2. The molecule has 0 aliphatic heterocycles. The van der Waals surface area contributed by atoms with Crippen molar-refractivity contribution >= 4 is 5.97 Å². The zero-order valence-corrected chi connectivity index (χ0v) is 12.5. The SMILES string of the molecule is O=C(OCc1cn(-c2ccc(C(F)(F)F)cn2)nn1)c1ccccn1. The van der Waals surface area contributed by atoms with E-state index >= 15 is 0 Å². The van der Waals surface area contributed by atoms with Gasteiger partial charge < -0.3 is 4.74 Å². The highest BCUT2D eigenvalue weighted by Gasteiger charge is 2.30. The molecule has 0 aliphatic carbocycles. The van der Waals surface area contributed by atoms with Gasteiger partial charge in [-0.1, -0.05) is 11.3 Å². The first-order valence-corrected chi connectivity index (χ1v) is 6.96. The van der Waals surface area contributed by atoms with Crippen molar-refractivity contribution in [2.45, 2.75) is 12.8 Å². The number of rotatable bonds is 4. The molecule has 3 aromatic heterocycles. The highest BCUT2D eigenvalue weighted by Crippen LogP contribution is 2.28. The lowest BCUT2D eigenvalue weighted by molar-refractivity contribution is -0.137. The number of nitrogens with zero attached hydrogens (tertiary/aromatic N) is 5. The summed E-state index contributed by atoms with van der Waals surface area (Å²) in [5.41, 5.74) is -0.397. The smallest absolute Gasteiger partial charge is 0.417 e. The molecule has 0 fully saturated rings. The van der Waals surface area contributed by atoms with Gasteiger partial charge in [0.15, 0.2) is 5.82 Å². The Kier molecular flexibility index (Phi) is 4.42. The lowest BCUT2D eigenvalue weighted by Gasteiger charge is -2.06. The fourth-order valence-electron chi connectivity index (χ4n) is 1.86. The highest BCUT2D eigenvalue weighted by atomic mass is 19.4. The predicted molar refractivity (Wildman–Crippen MR) is 77.5 cm³/mol. The van der Waals surface area contributed by atoms with Gasteiger partial charge in [-0.25, -0.2) is 19.4 Å². The van der Waals surface area contributed by atoms with E-state index in [1.165, 1.54) is 29.2 Å². The van der Waals surface area contributed by atoms with E-state index in [1.807, 2.05) is 0 Å². The molecule has 0 saturated heterocycles. The second-order valence-corrected chi connectivity index (χ2v) is 4.85. The summed E-state index contributed by atoms with van der Waals surface area (Å²) in [6.45, 7) is -0.157. The first-order chi connectivity index (χ1) is 11.9. The van der Waals surface area contributed by atoms with Gasteiger partial charge in [-0.05, 0) is 24.3 Å². The third-order valence-corrected chi connectivity index (χ3v) is 3.08. The minimum Gasteiger partial charge on any atom is -0.454 e. The third kappa shape index (κ3) is 3.97. The second kappa shape index (κ2) is 6.67. The van der Waals surface area contributed by atoms with Crippen LogP contribution in [-0.4, -0.2) is 30.9 Å². The maximum absolute atomic E-state index is 12.5. The topological polar surface area (TPSA) is 82.8 Å². The maximum atomic E-state index is 12.5. The molecule has 0 aliphatic rings. The van der Waals surface area contributed by atoms with Gasteiger partial charge in [-0.2, -0.15) is 13.2 Å². The van der Waals surface area contributed by atoms with Crippen LogP contribution in [0.15, 0.2) is 48.9 Å². The van der Waals surface area contributed by atoms with Crippen molar-refractivity contribution in [1.82, 2.24) is 25.0 Å². The highest BCUT2D eigenvalue weighted by molar-refractivity contribution is 5.86. The molecule has 3 aromatic rings. The van der Waals surface area contributed by atoms with Crippen molar-refractivity contribution in [3.63, 3.8) is 0 Å². The van der Waals surface area contributed by atoms with Crippen molar-refractivity contribution in [3.8, 4) is 5.82 Å². The average molecular weight is 349 g/mol. The summed E-state index contributed by atoms with van der Waals surface area (Å²) >= 11 is 0. The Morgan fingerprint density at radius 2 is 2.00 bits per heavy atom. The molecule has 25 heavy (non-hydrogen) atoms. The van der Waals surface area contributed by atoms with Gasteiger partial charge in [0.1, 0.15) is 18.0 Å². The molecule has 0 N–H and O–H groups in total. The zero-order valence-electron chi connectivity index (χ0n) is 12.5. The Balaban J connectivity index is 1.65. The van der Waals surface area contributed by atoms with Crippen LogP contribution in [0.5, 0.6) is 0 Å². The molecule has 0 radical (unpaired) electrons. The molecular formula is C15H10F3N5O2. The third-order valence-electron chi connectivity index (χ3n) is 3.08. The van der Waals surface area contributed by atoms with Gasteiger partial charge in [0.05, 0.1) is 11.8 Å². The quantitative estimate of drug-likeness (QED) is 0.673. The Bertz CT molecular complexity index is 863. The molecule has 3 rings (SSSR count). The molecule has 3 heterocycles. The van der Waals surface area contributed by atoms with Crippen LogP contribution in [-0.2, 0) is 17.5 Å². The number of carbonyl (C=O) groups is 1. The average Bonchev–Trinajstić information content (AvgIpc) is 3.09. The largest absolute Gasteiger partial charge is 0.454 e. The Labute approximate surface area is 139 Å². The van der Waals surface area contributed by atoms with Crippen LogP contribution in [0.1, 0.15) is 21.7 Å². The molecule has 7 nitrogen and oxygen atoms in total. The van der Waals surface area contributed by atoms with E-state index in [2.05, 4.69) is 20.3 Å². The van der Waals surface area contributed by atoms with Crippen LogP contribution in [0.25, 0.3) is 5.82 Å². The molecule has 0 bridgehead atoms. The fraction of sp³-hybridized carbons (Fsp3) is 0.133. The summed E-state index contributed by atoms with van der Waals surface area (Å²) in [6.07, 6.45) is -0.888. The maximum Gasteiger partial charge on any atom is 0.417 e. The molecule has 10 heteroatoms. The Morgan fingerprint density at radius 3 is 2.64 bits per heavy atom. The van der Waals surface area contributed by atoms with Crippen molar-refractivity contribution in [2.24, 2.45) is 0 Å². The second-order valence-electron chi connectivity index (χ2n) is 4.85. The number of hydrogen-bond acceptors (Lipinski definition) is 6. The van der Waals surface area contributed by atoms with E-state index in [1.54, 1.807) is 12.1 Å². The molecular weight excluding hydrogens is 339 g/mol. The molecule has 0 spiro atoms. The molecule has 0 aromatic carbocycles. The van der Waals surface area contributed by atoms with E-state index in [0.717, 1.165) is 6.07 Å². The monoisotopic (exact) mass is 349 g/mol. The molecule has 0 saturated carbocycles. The first-order valence-electron chi connectivity index (χ1n) is 6.96. The summed E-state index contributed by atoms with van der Waals surface area (Å²) in [4.78, 5) is 19.3. The summed E-state index contributed by atoms with van der Waals surface area (Å²) < 4.78 is 43.8. The number of halogens is 3. The summed E-state index contributed by atoms with van der Waals surface area (Å²) in [6, 6.07) is 6.88. The summed E-state index contributed by atoms with van der Waals surface area (Å²) in [7, 11) is 0. The van der Waals surface area contributed by atoms with Crippen molar-refractivity contribution in [1.29, 1.82) is 0 Å². The van der Waals surface area contributed by atoms with Crippen LogP contribution in [0.4, 0.5) is 13.2 Å². The van der Waals surface area contributed by atoms with Crippen molar-refractivity contribution in [3.05, 3.63) is 65.9 Å². The number of aromatic nitrogens is 5. The number of hydrogen-bond donors (Lipinski definition) is 0. The van der Waals surface area contributed by atoms with E-state index < -0.39 is 17.7 Å². The normalized spacial score (nSPS) is 11.3. The van der Waals surface area contributed by atoms with E-state index in [0.29, 0.717) is 11.9 Å². The zero-order chi connectivity index (χ0) is 17.9. The van der Waals surface area contributed by atoms with E-state index in [9.17, 15) is 18.0 Å². The van der Waals surface area contributed by atoms with Crippen molar-refractivity contribution < 1.29 is 22.7 Å². The minimum atomic E-state index is -4.46. The minimum absolute atomic E-state index is 0.152. The molecule has 0 unspecified atom stereocenters. The van der Waals surface area contributed by atoms with Crippen LogP contribution >= 0.6 is 0 Å². The number of carbonyl (C=O) groups excluding carboxylic acids is 1. The Morgan fingerprint density at radius 1 is 1.16 bits per heavy atom. The first kappa shape index (κ1) is 16.6. The molecule has 0 atom stereocenters. The number of ether oxygens (including phenoxy) is 1. The van der Waals surface area contributed by atoms with Gasteiger partial charge in [0, 0.05) is 12.4 Å². The molecule has 0 amide bonds. The van der Waals surface area contributed by atoms with E-state index in [4.69, 9.17) is 4.74 Å². The lowest BCUT2D eigenvalue weighted by atomic mass is 10.3. The molecule has 128 valence electrons. The van der Waals surface area contributed by atoms with Gasteiger partial charge in [-0.3, -0.25) is 0 Å².